The highest BCUT2D eigenvalue weighted by Gasteiger charge is 2.22. The first kappa shape index (κ1) is 13.6. The second kappa shape index (κ2) is 5.77. The maximum Gasteiger partial charge on any atom is 0.267 e. The normalized spacial score (nSPS) is 18.1. The molecule has 6 heteroatoms. The summed E-state index contributed by atoms with van der Waals surface area (Å²) in [6.45, 7) is 3.95. The minimum atomic E-state index is -0.567. The second-order valence-corrected chi connectivity index (χ2v) is 4.49. The predicted octanol–water partition coefficient (Wildman–Crippen LogP) is -0.272. The fourth-order valence-corrected chi connectivity index (χ4v) is 1.37. The summed E-state index contributed by atoms with van der Waals surface area (Å²) >= 11 is 0. The summed E-state index contributed by atoms with van der Waals surface area (Å²) in [5.41, 5.74) is 0.336. The third-order valence-electron chi connectivity index (χ3n) is 2.71. The van der Waals surface area contributed by atoms with Gasteiger partial charge in [0.1, 0.15) is 5.71 Å². The molecule has 1 aliphatic heterocycles. The molecule has 1 heterocycles. The fourth-order valence-electron chi connectivity index (χ4n) is 1.37. The molecule has 2 N–H and O–H groups in total. The topological polar surface area (TPSA) is 82.0 Å². The van der Waals surface area contributed by atoms with Gasteiger partial charge in [-0.3, -0.25) is 9.59 Å². The predicted molar refractivity (Wildman–Crippen MR) is 63.3 cm³/mol. The van der Waals surface area contributed by atoms with Gasteiger partial charge in [-0.05, 0) is 5.92 Å². The van der Waals surface area contributed by atoms with E-state index in [1.54, 1.807) is 0 Å². The number of hydrogen-bond donors (Lipinski definition) is 2. The van der Waals surface area contributed by atoms with Gasteiger partial charge in [0, 0.05) is 26.4 Å². The fraction of sp³-hybridized carbons (Fsp3) is 0.727. The summed E-state index contributed by atoms with van der Waals surface area (Å²) in [6, 6.07) is 0. The van der Waals surface area contributed by atoms with E-state index in [-0.39, 0.29) is 24.3 Å². The number of aliphatic hydroxyl groups excluding tert-OH is 1. The number of aliphatic hydroxyl groups is 1. The van der Waals surface area contributed by atoms with Crippen molar-refractivity contribution in [3.8, 4) is 0 Å². The molecule has 2 amide bonds. The summed E-state index contributed by atoms with van der Waals surface area (Å²) in [7, 11) is 1.53. The van der Waals surface area contributed by atoms with E-state index in [2.05, 4.69) is 10.4 Å². The maximum absolute atomic E-state index is 11.7. The van der Waals surface area contributed by atoms with E-state index in [0.717, 1.165) is 0 Å². The third kappa shape index (κ3) is 3.81. The van der Waals surface area contributed by atoms with Crippen molar-refractivity contribution in [3.63, 3.8) is 0 Å². The quantitative estimate of drug-likeness (QED) is 0.710. The zero-order valence-corrected chi connectivity index (χ0v) is 10.4. The Morgan fingerprint density at radius 1 is 1.53 bits per heavy atom. The highest BCUT2D eigenvalue weighted by molar-refractivity contribution is 6.39. The van der Waals surface area contributed by atoms with Crippen LogP contribution in [0.5, 0.6) is 0 Å². The minimum absolute atomic E-state index is 0.0906. The molecule has 0 fully saturated rings. The van der Waals surface area contributed by atoms with E-state index in [1.807, 2.05) is 13.8 Å². The smallest absolute Gasteiger partial charge is 0.267 e. The van der Waals surface area contributed by atoms with E-state index < -0.39 is 6.10 Å². The molecule has 0 spiro atoms. The standard InChI is InChI=1S/C11H19N3O3/c1-7(2)9(15)6-12-11(17)8-4-5-10(16)14(3)13-8/h7,9,15H,4-6H2,1-3H3,(H,12,17). The number of amides is 2. The van der Waals surface area contributed by atoms with Crippen molar-refractivity contribution in [1.29, 1.82) is 0 Å². The Bertz CT molecular complexity index is 339. The summed E-state index contributed by atoms with van der Waals surface area (Å²) in [5.74, 6) is -0.319. The Hall–Kier alpha value is -1.43. The van der Waals surface area contributed by atoms with Crippen molar-refractivity contribution in [2.45, 2.75) is 32.8 Å². The SMILES string of the molecule is CC(C)C(O)CNC(=O)C1=NN(C)C(=O)CC1. The van der Waals surface area contributed by atoms with Gasteiger partial charge >= 0.3 is 0 Å². The first-order valence-electron chi connectivity index (χ1n) is 5.72. The van der Waals surface area contributed by atoms with Crippen LogP contribution < -0.4 is 5.32 Å². The Kier molecular flexibility index (Phi) is 4.62. The van der Waals surface area contributed by atoms with Crippen molar-refractivity contribution in [1.82, 2.24) is 10.3 Å². The lowest BCUT2D eigenvalue weighted by Crippen LogP contribution is -2.41. The number of hydrazone groups is 1. The summed E-state index contributed by atoms with van der Waals surface area (Å²) < 4.78 is 0. The van der Waals surface area contributed by atoms with Crippen molar-refractivity contribution in [2.24, 2.45) is 11.0 Å². The van der Waals surface area contributed by atoms with Crippen LogP contribution in [0.3, 0.4) is 0 Å². The van der Waals surface area contributed by atoms with Crippen LogP contribution in [0.15, 0.2) is 5.10 Å². The van der Waals surface area contributed by atoms with E-state index in [9.17, 15) is 14.7 Å². The van der Waals surface area contributed by atoms with Crippen LogP contribution >= 0.6 is 0 Å². The minimum Gasteiger partial charge on any atom is -0.391 e. The molecule has 96 valence electrons. The number of nitrogens with zero attached hydrogens (tertiary/aromatic N) is 2. The Morgan fingerprint density at radius 3 is 2.71 bits per heavy atom. The van der Waals surface area contributed by atoms with E-state index in [4.69, 9.17) is 0 Å². The average Bonchev–Trinajstić information content (AvgIpc) is 2.28. The average molecular weight is 241 g/mol. The van der Waals surface area contributed by atoms with Crippen LogP contribution in [0.25, 0.3) is 0 Å². The van der Waals surface area contributed by atoms with Crippen molar-refractivity contribution < 1.29 is 14.7 Å². The molecule has 1 aliphatic rings. The molecule has 1 atom stereocenters. The molecule has 0 aromatic heterocycles. The molecule has 0 saturated carbocycles. The molecule has 6 nitrogen and oxygen atoms in total. The highest BCUT2D eigenvalue weighted by Crippen LogP contribution is 2.07. The molecule has 1 unspecified atom stereocenters. The van der Waals surface area contributed by atoms with E-state index in [0.29, 0.717) is 18.6 Å². The molecule has 0 aromatic carbocycles. The lowest BCUT2D eigenvalue weighted by Gasteiger charge is -2.20. The van der Waals surface area contributed by atoms with Crippen molar-refractivity contribution in [2.75, 3.05) is 13.6 Å². The molecule has 1 rings (SSSR count). The zero-order chi connectivity index (χ0) is 13.0. The molecule has 0 aliphatic carbocycles. The molecule has 0 aromatic rings. The summed E-state index contributed by atoms with van der Waals surface area (Å²) in [6.07, 6.45) is 0.0879. The third-order valence-corrected chi connectivity index (χ3v) is 2.71. The van der Waals surface area contributed by atoms with Crippen molar-refractivity contribution in [3.05, 3.63) is 0 Å². The van der Waals surface area contributed by atoms with Gasteiger partial charge in [-0.1, -0.05) is 13.8 Å². The van der Waals surface area contributed by atoms with Gasteiger partial charge in [-0.25, -0.2) is 5.01 Å². The van der Waals surface area contributed by atoms with Gasteiger partial charge in [0.05, 0.1) is 6.10 Å². The molecule has 0 saturated heterocycles. The monoisotopic (exact) mass is 241 g/mol. The lowest BCUT2D eigenvalue weighted by molar-refractivity contribution is -0.130. The molecular formula is C11H19N3O3. The first-order chi connectivity index (χ1) is 7.91. The van der Waals surface area contributed by atoms with Gasteiger partial charge in [0.2, 0.25) is 5.91 Å². The highest BCUT2D eigenvalue weighted by atomic mass is 16.3. The van der Waals surface area contributed by atoms with Crippen LogP contribution in [-0.4, -0.2) is 47.3 Å². The van der Waals surface area contributed by atoms with E-state index in [1.165, 1.54) is 12.1 Å². The van der Waals surface area contributed by atoms with Gasteiger partial charge in [-0.2, -0.15) is 5.10 Å². The number of nitrogens with one attached hydrogen (secondary N) is 1. The number of hydrogen-bond acceptors (Lipinski definition) is 4. The largest absolute Gasteiger partial charge is 0.391 e. The van der Waals surface area contributed by atoms with Crippen LogP contribution in [-0.2, 0) is 9.59 Å². The van der Waals surface area contributed by atoms with Crippen LogP contribution in [0, 0.1) is 5.92 Å². The van der Waals surface area contributed by atoms with Crippen LogP contribution in [0.2, 0.25) is 0 Å². The Morgan fingerprint density at radius 2 is 2.18 bits per heavy atom. The summed E-state index contributed by atoms with van der Waals surface area (Å²) in [4.78, 5) is 22.9. The maximum atomic E-state index is 11.7. The van der Waals surface area contributed by atoms with Gasteiger partial charge in [-0.15, -0.1) is 0 Å². The van der Waals surface area contributed by atoms with Crippen LogP contribution in [0.4, 0.5) is 0 Å². The molecular weight excluding hydrogens is 222 g/mol. The number of carbonyl (C=O) groups is 2. The van der Waals surface area contributed by atoms with Gasteiger partial charge < -0.3 is 10.4 Å². The van der Waals surface area contributed by atoms with E-state index >= 15 is 0 Å². The molecule has 17 heavy (non-hydrogen) atoms. The van der Waals surface area contributed by atoms with Gasteiger partial charge in [0.15, 0.2) is 0 Å². The number of rotatable bonds is 4. The second-order valence-electron chi connectivity index (χ2n) is 4.49. The Balaban J connectivity index is 2.49. The Labute approximate surface area is 101 Å². The lowest BCUT2D eigenvalue weighted by atomic mass is 10.1. The summed E-state index contributed by atoms with van der Waals surface area (Å²) in [5, 5.41) is 17.2. The van der Waals surface area contributed by atoms with Crippen molar-refractivity contribution >= 4 is 17.5 Å². The van der Waals surface area contributed by atoms with Crippen LogP contribution in [0.1, 0.15) is 26.7 Å². The number of carbonyl (C=O) groups excluding carboxylic acids is 2. The zero-order valence-electron chi connectivity index (χ0n) is 10.4. The first-order valence-corrected chi connectivity index (χ1v) is 5.72. The molecule has 0 radical (unpaired) electrons. The van der Waals surface area contributed by atoms with Gasteiger partial charge in [0.25, 0.3) is 5.91 Å². The molecule has 0 bridgehead atoms.